The molecule has 7 nitrogen and oxygen atoms in total. The second kappa shape index (κ2) is 8.41. The van der Waals surface area contributed by atoms with E-state index in [-0.39, 0.29) is 12.5 Å². The lowest BCUT2D eigenvalue weighted by molar-refractivity contribution is -0.142. The largest absolute Gasteiger partial charge is 0.480 e. The molecule has 1 unspecified atom stereocenters. The third-order valence-electron chi connectivity index (χ3n) is 6.29. The normalized spacial score (nSPS) is 17.3. The van der Waals surface area contributed by atoms with Gasteiger partial charge in [0.1, 0.15) is 18.2 Å². The van der Waals surface area contributed by atoms with Gasteiger partial charge in [-0.2, -0.15) is 0 Å². The fraction of sp³-hybridized carbons (Fsp3) is 0.375. The zero-order valence-electron chi connectivity index (χ0n) is 17.4. The van der Waals surface area contributed by atoms with Crippen LogP contribution in [0, 0.1) is 0 Å². The van der Waals surface area contributed by atoms with Crippen molar-refractivity contribution in [2.45, 2.75) is 50.1 Å². The zero-order chi connectivity index (χ0) is 22.0. The van der Waals surface area contributed by atoms with Crippen LogP contribution < -0.4 is 10.6 Å². The van der Waals surface area contributed by atoms with E-state index in [2.05, 4.69) is 22.8 Å². The monoisotopic (exact) mass is 422 g/mol. The van der Waals surface area contributed by atoms with Gasteiger partial charge in [0.2, 0.25) is 5.91 Å². The van der Waals surface area contributed by atoms with Crippen LogP contribution in [0.25, 0.3) is 11.1 Å². The number of carbonyl (C=O) groups excluding carboxylic acids is 2. The highest BCUT2D eigenvalue weighted by Gasteiger charge is 2.44. The number of hydrogen-bond donors (Lipinski definition) is 3. The number of carboxylic acids is 1. The van der Waals surface area contributed by atoms with E-state index in [0.717, 1.165) is 35.1 Å². The highest BCUT2D eigenvalue weighted by molar-refractivity contribution is 5.93. The fourth-order valence-electron chi connectivity index (χ4n) is 4.61. The molecule has 0 aromatic heterocycles. The van der Waals surface area contributed by atoms with Crippen LogP contribution in [0.1, 0.15) is 49.7 Å². The van der Waals surface area contributed by atoms with Crippen LogP contribution in [-0.4, -0.2) is 41.3 Å². The van der Waals surface area contributed by atoms with E-state index in [9.17, 15) is 14.4 Å². The molecule has 4 rings (SSSR count). The predicted octanol–water partition coefficient (Wildman–Crippen LogP) is 3.43. The molecule has 2 aliphatic rings. The Bertz CT molecular complexity index is 967. The van der Waals surface area contributed by atoms with Crippen LogP contribution in [0.3, 0.4) is 0 Å². The van der Waals surface area contributed by atoms with Crippen molar-refractivity contribution in [3.05, 3.63) is 59.7 Å². The Balaban J connectivity index is 1.45. The number of rotatable bonds is 6. The van der Waals surface area contributed by atoms with Gasteiger partial charge in [-0.15, -0.1) is 0 Å². The lowest BCUT2D eigenvalue weighted by atomic mass is 9.96. The molecule has 2 aromatic carbocycles. The molecule has 2 aromatic rings. The molecule has 0 radical (unpaired) electrons. The van der Waals surface area contributed by atoms with Crippen molar-refractivity contribution in [3.63, 3.8) is 0 Å². The van der Waals surface area contributed by atoms with Crippen molar-refractivity contribution in [2.75, 3.05) is 6.61 Å². The van der Waals surface area contributed by atoms with Gasteiger partial charge in [0, 0.05) is 5.92 Å². The van der Waals surface area contributed by atoms with Crippen molar-refractivity contribution in [2.24, 2.45) is 0 Å². The number of carbonyl (C=O) groups is 3. The molecular formula is C24H26N2O5. The summed E-state index contributed by atoms with van der Waals surface area (Å²) in [6.45, 7) is 1.55. The molecular weight excluding hydrogens is 396 g/mol. The number of fused-ring (bicyclic) bond motifs is 3. The maximum absolute atomic E-state index is 12.8. The minimum absolute atomic E-state index is 0.0708. The molecule has 162 valence electrons. The molecule has 7 heteroatoms. The molecule has 0 heterocycles. The number of alkyl carbamates (subject to hydrolysis) is 1. The van der Waals surface area contributed by atoms with Crippen LogP contribution in [0.4, 0.5) is 4.79 Å². The topological polar surface area (TPSA) is 105 Å². The average Bonchev–Trinajstić information content (AvgIpc) is 3.36. The third-order valence-corrected chi connectivity index (χ3v) is 6.29. The molecule has 0 saturated heterocycles. The molecule has 3 N–H and O–H groups in total. The van der Waals surface area contributed by atoms with Gasteiger partial charge in [-0.05, 0) is 42.0 Å². The summed E-state index contributed by atoms with van der Waals surface area (Å²) < 4.78 is 5.58. The molecule has 0 bridgehead atoms. The molecule has 1 fully saturated rings. The highest BCUT2D eigenvalue weighted by Crippen LogP contribution is 2.44. The molecule has 1 saturated carbocycles. The second-order valence-corrected chi connectivity index (χ2v) is 8.27. The van der Waals surface area contributed by atoms with E-state index in [0.29, 0.717) is 12.8 Å². The Morgan fingerprint density at radius 3 is 2.13 bits per heavy atom. The summed E-state index contributed by atoms with van der Waals surface area (Å²) in [6, 6.07) is 15.1. The first-order valence-corrected chi connectivity index (χ1v) is 10.6. The number of hydrogen-bond acceptors (Lipinski definition) is 4. The van der Waals surface area contributed by atoms with Crippen LogP contribution in [0.5, 0.6) is 0 Å². The van der Waals surface area contributed by atoms with Gasteiger partial charge < -0.3 is 20.5 Å². The molecule has 2 aliphatic carbocycles. The molecule has 2 amide bonds. The first-order valence-electron chi connectivity index (χ1n) is 10.6. The molecule has 31 heavy (non-hydrogen) atoms. The van der Waals surface area contributed by atoms with Crippen LogP contribution in [-0.2, 0) is 14.3 Å². The minimum Gasteiger partial charge on any atom is -0.480 e. The lowest BCUT2D eigenvalue weighted by Crippen LogP contribution is -2.59. The summed E-state index contributed by atoms with van der Waals surface area (Å²) in [6.07, 6.45) is 1.80. The van der Waals surface area contributed by atoms with E-state index in [1.54, 1.807) is 0 Å². The Morgan fingerprint density at radius 2 is 1.58 bits per heavy atom. The Labute approximate surface area is 180 Å². The number of amides is 2. The SMILES string of the molecule is CC(NC(=O)C1(NC(=O)OCC2c3ccccc3-c3ccccc32)CCCC1)C(=O)O. The fourth-order valence-corrected chi connectivity index (χ4v) is 4.61. The highest BCUT2D eigenvalue weighted by atomic mass is 16.5. The van der Waals surface area contributed by atoms with E-state index in [1.807, 2.05) is 36.4 Å². The molecule has 0 aliphatic heterocycles. The smallest absolute Gasteiger partial charge is 0.408 e. The maximum atomic E-state index is 12.8. The van der Waals surface area contributed by atoms with Gasteiger partial charge in [0.15, 0.2) is 0 Å². The average molecular weight is 422 g/mol. The Kier molecular flexibility index (Phi) is 5.67. The van der Waals surface area contributed by atoms with Crippen molar-refractivity contribution in [1.29, 1.82) is 0 Å². The van der Waals surface area contributed by atoms with Crippen molar-refractivity contribution < 1.29 is 24.2 Å². The first-order chi connectivity index (χ1) is 14.9. The number of benzene rings is 2. The van der Waals surface area contributed by atoms with Gasteiger partial charge in [-0.3, -0.25) is 9.59 Å². The second-order valence-electron chi connectivity index (χ2n) is 8.27. The molecule has 0 spiro atoms. The summed E-state index contributed by atoms with van der Waals surface area (Å²) in [4.78, 5) is 36.5. The standard InChI is InChI=1S/C24H26N2O5/c1-15(21(27)28)25-22(29)24(12-6-7-13-24)26-23(30)31-14-20-18-10-4-2-8-16(18)17-9-3-5-11-19(17)20/h2-5,8-11,15,20H,6-7,12-14H2,1H3,(H,25,29)(H,26,30)(H,27,28). The van der Waals surface area contributed by atoms with Gasteiger partial charge in [0.25, 0.3) is 0 Å². The summed E-state index contributed by atoms with van der Waals surface area (Å²) >= 11 is 0. The molecule has 1 atom stereocenters. The Morgan fingerprint density at radius 1 is 1.03 bits per heavy atom. The van der Waals surface area contributed by atoms with E-state index in [4.69, 9.17) is 9.84 Å². The van der Waals surface area contributed by atoms with Gasteiger partial charge in [-0.1, -0.05) is 61.4 Å². The van der Waals surface area contributed by atoms with Crippen molar-refractivity contribution in [1.82, 2.24) is 10.6 Å². The Hall–Kier alpha value is -3.35. The van der Waals surface area contributed by atoms with E-state index < -0.39 is 29.6 Å². The first kappa shape index (κ1) is 20.9. The minimum atomic E-state index is -1.13. The van der Waals surface area contributed by atoms with Gasteiger partial charge in [-0.25, -0.2) is 4.79 Å². The summed E-state index contributed by atoms with van der Waals surface area (Å²) in [5.41, 5.74) is 3.37. The zero-order valence-corrected chi connectivity index (χ0v) is 17.4. The predicted molar refractivity (Wildman–Crippen MR) is 115 cm³/mol. The van der Waals surface area contributed by atoms with Crippen molar-refractivity contribution in [3.8, 4) is 11.1 Å². The summed E-state index contributed by atoms with van der Waals surface area (Å²) in [5, 5.41) is 14.3. The van der Waals surface area contributed by atoms with Gasteiger partial charge in [0.05, 0.1) is 0 Å². The maximum Gasteiger partial charge on any atom is 0.408 e. The number of ether oxygens (including phenoxy) is 1. The summed E-state index contributed by atoms with van der Waals surface area (Å²) in [5.74, 6) is -1.67. The number of nitrogens with one attached hydrogen (secondary N) is 2. The van der Waals surface area contributed by atoms with Crippen LogP contribution in [0.15, 0.2) is 48.5 Å². The quantitative estimate of drug-likeness (QED) is 0.662. The van der Waals surface area contributed by atoms with Crippen LogP contribution >= 0.6 is 0 Å². The lowest BCUT2D eigenvalue weighted by Gasteiger charge is -2.29. The van der Waals surface area contributed by atoms with Crippen molar-refractivity contribution >= 4 is 18.0 Å². The summed E-state index contributed by atoms with van der Waals surface area (Å²) in [7, 11) is 0. The van der Waals surface area contributed by atoms with Crippen LogP contribution in [0.2, 0.25) is 0 Å². The van der Waals surface area contributed by atoms with E-state index in [1.165, 1.54) is 6.92 Å². The number of carboxylic acid groups (broad SMARTS) is 1. The number of aliphatic carboxylic acids is 1. The third kappa shape index (κ3) is 4.00. The van der Waals surface area contributed by atoms with Gasteiger partial charge >= 0.3 is 12.1 Å². The van der Waals surface area contributed by atoms with E-state index >= 15 is 0 Å².